The molecule has 2 aliphatic heterocycles. The molecule has 2 rings (SSSR count). The normalized spacial score (nSPS) is 19.0. The summed E-state index contributed by atoms with van der Waals surface area (Å²) in [5, 5.41) is 17.5. The summed E-state index contributed by atoms with van der Waals surface area (Å²) < 4.78 is 7.35. The van der Waals surface area contributed by atoms with E-state index in [1.807, 2.05) is 20.8 Å². The number of nitrogens with one attached hydrogen (secondary N) is 2. The summed E-state index contributed by atoms with van der Waals surface area (Å²) in [5.41, 5.74) is 0.652. The molecule has 2 heterocycles. The molecule has 0 radical (unpaired) electrons. The van der Waals surface area contributed by atoms with Gasteiger partial charge in [-0.25, -0.2) is 9.69 Å². The molecule has 41 heavy (non-hydrogen) atoms. The van der Waals surface area contributed by atoms with Crippen molar-refractivity contribution in [1.29, 1.82) is 0 Å². The third kappa shape index (κ3) is 12.0. The van der Waals surface area contributed by atoms with Crippen molar-refractivity contribution in [2.24, 2.45) is 0 Å². The summed E-state index contributed by atoms with van der Waals surface area (Å²) in [4.78, 5) is 26.7. The van der Waals surface area contributed by atoms with E-state index >= 15 is 0 Å². The van der Waals surface area contributed by atoms with Gasteiger partial charge in [-0.3, -0.25) is 9.37 Å². The van der Waals surface area contributed by atoms with Crippen LogP contribution in [-0.2, 0) is 9.53 Å². The largest absolute Gasteiger partial charge is 0.444 e. The van der Waals surface area contributed by atoms with Crippen molar-refractivity contribution in [3.63, 3.8) is 0 Å². The van der Waals surface area contributed by atoms with E-state index in [1.54, 1.807) is 0 Å². The lowest BCUT2D eigenvalue weighted by molar-refractivity contribution is -0.528. The highest BCUT2D eigenvalue weighted by atomic mass is 16.6. The lowest BCUT2D eigenvalue weighted by atomic mass is 9.96. The third-order valence-electron chi connectivity index (χ3n) is 8.37. The van der Waals surface area contributed by atoms with Gasteiger partial charge < -0.3 is 20.5 Å². The Morgan fingerprint density at radius 1 is 0.902 bits per heavy atom. The number of hydrogen-bond acceptors (Lipinski definition) is 5. The van der Waals surface area contributed by atoms with E-state index in [9.17, 15) is 14.7 Å². The molecule has 8 heteroatoms. The van der Waals surface area contributed by atoms with Crippen LogP contribution in [0.25, 0.3) is 0 Å². The van der Waals surface area contributed by atoms with Crippen molar-refractivity contribution in [1.82, 2.24) is 15.5 Å². The van der Waals surface area contributed by atoms with Crippen LogP contribution < -0.4 is 10.6 Å². The molecule has 0 aliphatic carbocycles. The fraction of sp³-hybridized carbons (Fsp3) is 0.848. The minimum absolute atomic E-state index is 0.0431. The van der Waals surface area contributed by atoms with Gasteiger partial charge in [-0.15, -0.1) is 0 Å². The SMILES string of the molecule is CCCCCCCCCCCCCCC1(O)C(C)=C(C)C2=[N+](CC(=O)NCCCNC(=O)OC(C)(C)C)CCCN21. The maximum absolute atomic E-state index is 12.8. The van der Waals surface area contributed by atoms with Gasteiger partial charge >= 0.3 is 6.09 Å². The third-order valence-corrected chi connectivity index (χ3v) is 8.37. The van der Waals surface area contributed by atoms with E-state index in [0.29, 0.717) is 19.5 Å². The molecule has 1 unspecified atom stereocenters. The molecule has 8 nitrogen and oxygen atoms in total. The Morgan fingerprint density at radius 3 is 2.05 bits per heavy atom. The molecule has 1 atom stereocenters. The zero-order valence-corrected chi connectivity index (χ0v) is 27.2. The summed E-state index contributed by atoms with van der Waals surface area (Å²) in [5.74, 6) is 0.968. The van der Waals surface area contributed by atoms with Crippen molar-refractivity contribution in [3.05, 3.63) is 11.1 Å². The molecular weight excluding hydrogens is 516 g/mol. The molecule has 236 valence electrons. The van der Waals surface area contributed by atoms with Crippen LogP contribution in [0.3, 0.4) is 0 Å². The van der Waals surface area contributed by atoms with E-state index in [0.717, 1.165) is 55.8 Å². The second kappa shape index (κ2) is 17.8. The van der Waals surface area contributed by atoms with E-state index in [4.69, 9.17) is 4.74 Å². The van der Waals surface area contributed by atoms with Crippen LogP contribution in [0.4, 0.5) is 4.79 Å². The zero-order valence-electron chi connectivity index (χ0n) is 27.2. The lowest BCUT2D eigenvalue weighted by Gasteiger charge is -2.34. The number of unbranched alkanes of at least 4 members (excludes halogenated alkanes) is 11. The summed E-state index contributed by atoms with van der Waals surface area (Å²) in [7, 11) is 0. The van der Waals surface area contributed by atoms with Crippen molar-refractivity contribution in [2.45, 2.75) is 149 Å². The van der Waals surface area contributed by atoms with Crippen LogP contribution in [0.1, 0.15) is 138 Å². The van der Waals surface area contributed by atoms with Gasteiger partial charge in [0.25, 0.3) is 11.7 Å². The Labute approximate surface area is 250 Å². The fourth-order valence-electron chi connectivity index (χ4n) is 6.01. The van der Waals surface area contributed by atoms with Gasteiger partial charge in [0.05, 0.1) is 13.1 Å². The number of ether oxygens (including phenoxy) is 1. The predicted molar refractivity (Wildman–Crippen MR) is 167 cm³/mol. The summed E-state index contributed by atoms with van der Waals surface area (Å²) >= 11 is 0. The molecule has 0 aromatic rings. The quantitative estimate of drug-likeness (QED) is 0.124. The molecule has 0 saturated carbocycles. The van der Waals surface area contributed by atoms with E-state index in [-0.39, 0.29) is 12.5 Å². The minimum atomic E-state index is -0.944. The van der Waals surface area contributed by atoms with Crippen molar-refractivity contribution in [2.75, 3.05) is 32.7 Å². The summed E-state index contributed by atoms with van der Waals surface area (Å²) in [6, 6.07) is 0. The number of amidine groups is 1. The van der Waals surface area contributed by atoms with Crippen molar-refractivity contribution >= 4 is 17.8 Å². The monoisotopic (exact) mass is 577 g/mol. The maximum atomic E-state index is 12.8. The highest BCUT2D eigenvalue weighted by Crippen LogP contribution is 2.39. The predicted octanol–water partition coefficient (Wildman–Crippen LogP) is 6.26. The number of hydrogen-bond donors (Lipinski definition) is 3. The van der Waals surface area contributed by atoms with Gasteiger partial charge in [0, 0.05) is 37.1 Å². The first-order valence-corrected chi connectivity index (χ1v) is 16.5. The number of nitrogens with zero attached hydrogens (tertiary/aromatic N) is 2. The highest BCUT2D eigenvalue weighted by molar-refractivity contribution is 5.99. The minimum Gasteiger partial charge on any atom is -0.444 e. The molecule has 0 fully saturated rings. The lowest BCUT2D eigenvalue weighted by Crippen LogP contribution is -2.54. The van der Waals surface area contributed by atoms with Gasteiger partial charge in [0.2, 0.25) is 5.72 Å². The highest BCUT2D eigenvalue weighted by Gasteiger charge is 2.53. The summed E-state index contributed by atoms with van der Waals surface area (Å²) in [6.07, 6.45) is 17.5. The van der Waals surface area contributed by atoms with Gasteiger partial charge in [-0.05, 0) is 47.5 Å². The molecule has 0 spiro atoms. The Hall–Kier alpha value is -2.09. The average Bonchev–Trinajstić information content (AvgIpc) is 3.10. The molecular formula is C33H61N4O4+. The number of amides is 2. The fourth-order valence-corrected chi connectivity index (χ4v) is 6.01. The first-order chi connectivity index (χ1) is 19.5. The second-order valence-corrected chi connectivity index (χ2v) is 13.1. The molecule has 2 aliphatic rings. The number of rotatable bonds is 19. The smallest absolute Gasteiger partial charge is 0.407 e. The molecule has 0 saturated heterocycles. The zero-order chi connectivity index (χ0) is 30.3. The number of carbonyl (C=O) groups is 2. The standard InChI is InChI=1S/C33H60N4O4/c1-7-8-9-10-11-12-13-14-15-16-17-18-21-33(40)28(3)27(2)30-36(24-20-25-37(30)33)26-29(38)34-22-19-23-35-31(39)41-32(4,5)6/h40H,7-26H2,1-6H3,(H-,34,35,38,39)/p+1. The van der Waals surface area contributed by atoms with Crippen molar-refractivity contribution in [3.8, 4) is 0 Å². The molecule has 0 aromatic heterocycles. The van der Waals surface area contributed by atoms with Crippen LogP contribution in [0.5, 0.6) is 0 Å². The number of carbonyl (C=O) groups excluding carboxylic acids is 2. The molecule has 0 bridgehead atoms. The Balaban J connectivity index is 1.74. The Bertz CT molecular complexity index is 892. The second-order valence-electron chi connectivity index (χ2n) is 13.1. The van der Waals surface area contributed by atoms with Gasteiger partial charge in [-0.1, -0.05) is 77.6 Å². The molecule has 2 amide bonds. The van der Waals surface area contributed by atoms with Crippen LogP contribution in [0.15, 0.2) is 11.1 Å². The van der Waals surface area contributed by atoms with E-state index in [2.05, 4.69) is 40.9 Å². The molecule has 0 aromatic carbocycles. The Morgan fingerprint density at radius 2 is 1.46 bits per heavy atom. The van der Waals surface area contributed by atoms with Crippen LogP contribution in [0, 0.1) is 0 Å². The van der Waals surface area contributed by atoms with Crippen LogP contribution in [-0.4, -0.2) is 76.5 Å². The average molecular weight is 578 g/mol. The number of fused-ring (bicyclic) bond motifs is 1. The van der Waals surface area contributed by atoms with Crippen molar-refractivity contribution < 1.29 is 24.0 Å². The Kier molecular flexibility index (Phi) is 15.2. The van der Waals surface area contributed by atoms with E-state index < -0.39 is 17.4 Å². The topological polar surface area (TPSA) is 93.9 Å². The first kappa shape index (κ1) is 35.1. The molecule has 3 N–H and O–H groups in total. The van der Waals surface area contributed by atoms with Gasteiger partial charge in [0.15, 0.2) is 6.54 Å². The van der Waals surface area contributed by atoms with Gasteiger partial charge in [-0.2, -0.15) is 0 Å². The maximum Gasteiger partial charge on any atom is 0.407 e. The number of aliphatic hydroxyl groups is 1. The van der Waals surface area contributed by atoms with Crippen LogP contribution >= 0.6 is 0 Å². The van der Waals surface area contributed by atoms with E-state index in [1.165, 1.54) is 64.2 Å². The number of alkyl carbamates (subject to hydrolysis) is 1. The summed E-state index contributed by atoms with van der Waals surface area (Å²) in [6.45, 7) is 14.7. The van der Waals surface area contributed by atoms with Gasteiger partial charge in [0.1, 0.15) is 5.60 Å². The first-order valence-electron chi connectivity index (χ1n) is 16.5. The van der Waals surface area contributed by atoms with Crippen LogP contribution in [0.2, 0.25) is 0 Å².